The van der Waals surface area contributed by atoms with E-state index in [4.69, 9.17) is 9.47 Å². The van der Waals surface area contributed by atoms with Gasteiger partial charge < -0.3 is 9.47 Å². The van der Waals surface area contributed by atoms with E-state index >= 15 is 0 Å². The number of amides is 1. The Labute approximate surface area is 206 Å². The van der Waals surface area contributed by atoms with Crippen molar-refractivity contribution in [3.8, 4) is 11.5 Å². The molecule has 2 heterocycles. The second-order valence-corrected chi connectivity index (χ2v) is 11.7. The molecule has 1 aromatic heterocycles. The molecule has 9 nitrogen and oxygen atoms in total. The van der Waals surface area contributed by atoms with Gasteiger partial charge in [0.05, 0.1) is 24.2 Å². The molecule has 1 aliphatic rings. The van der Waals surface area contributed by atoms with Crippen molar-refractivity contribution in [2.45, 2.75) is 35.6 Å². The van der Waals surface area contributed by atoms with Crippen LogP contribution in [0, 0.1) is 6.92 Å². The molecular formula is C22H24N4O5S3. The molecule has 1 atom stereocenters. The summed E-state index contributed by atoms with van der Waals surface area (Å²) in [6.45, 7) is 3.75. The lowest BCUT2D eigenvalue weighted by Crippen LogP contribution is -2.48. The Morgan fingerprint density at radius 3 is 2.74 bits per heavy atom. The molecule has 34 heavy (non-hydrogen) atoms. The summed E-state index contributed by atoms with van der Waals surface area (Å²) in [4.78, 5) is 13.1. The Hall–Kier alpha value is -2.83. The van der Waals surface area contributed by atoms with E-state index in [1.807, 2.05) is 6.92 Å². The predicted molar refractivity (Wildman–Crippen MR) is 133 cm³/mol. The minimum Gasteiger partial charge on any atom is -0.497 e. The molecule has 12 heteroatoms. The Balaban J connectivity index is 1.61. The summed E-state index contributed by atoms with van der Waals surface area (Å²) >= 11 is 2.83. The topological polar surface area (TPSA) is 111 Å². The number of nitrogens with one attached hydrogen (secondary N) is 1. The van der Waals surface area contributed by atoms with E-state index in [0.717, 1.165) is 22.1 Å². The molecule has 0 saturated heterocycles. The van der Waals surface area contributed by atoms with Crippen LogP contribution < -0.4 is 19.1 Å². The molecule has 180 valence electrons. The summed E-state index contributed by atoms with van der Waals surface area (Å²) in [6, 6.07) is 11.3. The highest BCUT2D eigenvalue weighted by Gasteiger charge is 2.38. The normalized spacial score (nSPS) is 15.4. The van der Waals surface area contributed by atoms with Crippen LogP contribution in [0.5, 0.6) is 11.5 Å². The van der Waals surface area contributed by atoms with Crippen molar-refractivity contribution in [2.75, 3.05) is 29.0 Å². The van der Waals surface area contributed by atoms with Crippen LogP contribution in [0.4, 0.5) is 10.8 Å². The molecule has 0 saturated carbocycles. The number of aromatic nitrogens is 2. The van der Waals surface area contributed by atoms with Crippen molar-refractivity contribution in [1.29, 1.82) is 0 Å². The highest BCUT2D eigenvalue weighted by Crippen LogP contribution is 2.38. The lowest BCUT2D eigenvalue weighted by atomic mass is 10.1. The SMILES string of the molecule is CCCSc1nnc(NC(=O)[C@@H]2CN(S(=O)(=O)c3ccc(OC)cc3)c3cc(C)ccc3O2)s1. The number of carbonyl (C=O) groups is 1. The number of ether oxygens (including phenoxy) is 2. The predicted octanol–water partition coefficient (Wildman–Crippen LogP) is 3.95. The first-order valence-electron chi connectivity index (χ1n) is 10.5. The van der Waals surface area contributed by atoms with Gasteiger partial charge in [-0.15, -0.1) is 10.2 Å². The van der Waals surface area contributed by atoms with Gasteiger partial charge in [-0.05, 0) is 55.3 Å². The van der Waals surface area contributed by atoms with Gasteiger partial charge in [0.1, 0.15) is 11.5 Å². The number of hydrogen-bond acceptors (Lipinski definition) is 9. The summed E-state index contributed by atoms with van der Waals surface area (Å²) < 4.78 is 40.1. The summed E-state index contributed by atoms with van der Waals surface area (Å²) in [6.07, 6.45) is -0.0712. The highest BCUT2D eigenvalue weighted by atomic mass is 32.2. The molecule has 0 aliphatic carbocycles. The van der Waals surface area contributed by atoms with E-state index in [1.54, 1.807) is 42.1 Å². The smallest absolute Gasteiger partial charge is 0.269 e. The fraction of sp³-hybridized carbons (Fsp3) is 0.318. The third-order valence-corrected chi connectivity index (χ3v) is 8.96. The fourth-order valence-electron chi connectivity index (χ4n) is 3.29. The van der Waals surface area contributed by atoms with Crippen LogP contribution >= 0.6 is 23.1 Å². The van der Waals surface area contributed by atoms with Crippen LogP contribution in [0.15, 0.2) is 51.7 Å². The van der Waals surface area contributed by atoms with Gasteiger partial charge in [0.25, 0.3) is 15.9 Å². The maximum atomic E-state index is 13.6. The Bertz CT molecular complexity index is 1280. The quantitative estimate of drug-likeness (QED) is 0.351. The van der Waals surface area contributed by atoms with E-state index in [-0.39, 0.29) is 11.4 Å². The van der Waals surface area contributed by atoms with Gasteiger partial charge in [0, 0.05) is 5.75 Å². The average molecular weight is 521 g/mol. The van der Waals surface area contributed by atoms with E-state index in [2.05, 4.69) is 22.4 Å². The zero-order valence-electron chi connectivity index (χ0n) is 18.8. The average Bonchev–Trinajstić information content (AvgIpc) is 3.29. The number of rotatable bonds is 8. The maximum absolute atomic E-state index is 13.6. The van der Waals surface area contributed by atoms with Crippen molar-refractivity contribution in [2.24, 2.45) is 0 Å². The molecule has 0 fully saturated rings. The molecule has 2 aromatic carbocycles. The van der Waals surface area contributed by atoms with Crippen molar-refractivity contribution in [3.05, 3.63) is 48.0 Å². The van der Waals surface area contributed by atoms with Crippen molar-refractivity contribution in [1.82, 2.24) is 10.2 Å². The molecule has 0 radical (unpaired) electrons. The van der Waals surface area contributed by atoms with E-state index in [9.17, 15) is 13.2 Å². The summed E-state index contributed by atoms with van der Waals surface area (Å²) in [5.41, 5.74) is 1.25. The summed E-state index contributed by atoms with van der Waals surface area (Å²) in [5, 5.41) is 11.1. The molecular weight excluding hydrogens is 496 g/mol. The molecule has 0 unspecified atom stereocenters. The number of methoxy groups -OCH3 is 1. The first kappa shape index (κ1) is 24.3. The molecule has 1 aliphatic heterocycles. The summed E-state index contributed by atoms with van der Waals surface area (Å²) in [7, 11) is -2.46. The Kier molecular flexibility index (Phi) is 7.29. The minimum absolute atomic E-state index is 0.0866. The fourth-order valence-corrected chi connectivity index (χ4v) is 6.44. The van der Waals surface area contributed by atoms with Crippen LogP contribution in [0.3, 0.4) is 0 Å². The van der Waals surface area contributed by atoms with Gasteiger partial charge in [-0.2, -0.15) is 0 Å². The van der Waals surface area contributed by atoms with E-state index in [0.29, 0.717) is 22.3 Å². The molecule has 1 N–H and O–H groups in total. The van der Waals surface area contributed by atoms with Crippen LogP contribution in [0.1, 0.15) is 18.9 Å². The number of sulfonamides is 1. The molecule has 0 bridgehead atoms. The van der Waals surface area contributed by atoms with Gasteiger partial charge in [-0.3, -0.25) is 14.4 Å². The number of thioether (sulfide) groups is 1. The van der Waals surface area contributed by atoms with E-state index < -0.39 is 22.0 Å². The lowest BCUT2D eigenvalue weighted by Gasteiger charge is -2.34. The molecule has 0 spiro atoms. The number of carbonyl (C=O) groups excluding carboxylic acids is 1. The van der Waals surface area contributed by atoms with Crippen molar-refractivity contribution < 1.29 is 22.7 Å². The number of nitrogens with zero attached hydrogens (tertiary/aromatic N) is 3. The van der Waals surface area contributed by atoms with Gasteiger partial charge in [0.15, 0.2) is 10.4 Å². The van der Waals surface area contributed by atoms with Gasteiger partial charge in [-0.1, -0.05) is 36.1 Å². The molecule has 4 rings (SSSR count). The number of hydrogen-bond donors (Lipinski definition) is 1. The van der Waals surface area contributed by atoms with Crippen molar-refractivity contribution >= 4 is 49.8 Å². The third-order valence-electron chi connectivity index (χ3n) is 4.99. The van der Waals surface area contributed by atoms with Gasteiger partial charge in [0.2, 0.25) is 5.13 Å². The first-order valence-corrected chi connectivity index (χ1v) is 13.8. The standard InChI is InChI=1S/C22H24N4O5S3/c1-4-11-32-22-25-24-21(33-22)23-20(27)19-13-26(17-12-14(2)5-10-18(17)31-19)34(28,29)16-8-6-15(30-3)7-9-16/h5-10,12,19H,4,11,13H2,1-3H3,(H,23,24,27)/t19-/m0/s1. The summed E-state index contributed by atoms with van der Waals surface area (Å²) in [5.74, 6) is 1.26. The number of anilines is 2. The largest absolute Gasteiger partial charge is 0.497 e. The zero-order chi connectivity index (χ0) is 24.3. The Morgan fingerprint density at radius 2 is 2.03 bits per heavy atom. The second-order valence-electron chi connectivity index (χ2n) is 7.50. The van der Waals surface area contributed by atoms with Crippen LogP contribution in [0.25, 0.3) is 0 Å². The number of benzene rings is 2. The molecule has 3 aromatic rings. The van der Waals surface area contributed by atoms with Gasteiger partial charge in [-0.25, -0.2) is 8.42 Å². The van der Waals surface area contributed by atoms with Crippen LogP contribution in [0.2, 0.25) is 0 Å². The zero-order valence-corrected chi connectivity index (χ0v) is 21.3. The second kappa shape index (κ2) is 10.2. The van der Waals surface area contributed by atoms with Crippen LogP contribution in [-0.4, -0.2) is 50.0 Å². The minimum atomic E-state index is -3.97. The highest BCUT2D eigenvalue weighted by molar-refractivity contribution is 8.01. The van der Waals surface area contributed by atoms with Crippen LogP contribution in [-0.2, 0) is 14.8 Å². The maximum Gasteiger partial charge on any atom is 0.269 e. The first-order chi connectivity index (χ1) is 16.3. The van der Waals surface area contributed by atoms with E-state index in [1.165, 1.54) is 34.9 Å². The van der Waals surface area contributed by atoms with Gasteiger partial charge >= 0.3 is 0 Å². The van der Waals surface area contributed by atoms with Crippen molar-refractivity contribution in [3.63, 3.8) is 0 Å². The third kappa shape index (κ3) is 5.13. The number of aryl methyl sites for hydroxylation is 1. The number of fused-ring (bicyclic) bond motifs is 1. The lowest BCUT2D eigenvalue weighted by molar-refractivity contribution is -0.122. The monoisotopic (exact) mass is 520 g/mol. The molecule has 1 amide bonds. The Morgan fingerprint density at radius 1 is 1.26 bits per heavy atom.